The molecule has 3 aromatic carbocycles. The van der Waals surface area contributed by atoms with Crippen molar-refractivity contribution in [2.24, 2.45) is 0 Å². The maximum absolute atomic E-state index is 11.9. The number of carbonyl (C=O) groups is 1. The van der Waals surface area contributed by atoms with Crippen molar-refractivity contribution in [2.75, 3.05) is 0 Å². The van der Waals surface area contributed by atoms with Crippen LogP contribution >= 0.6 is 23.2 Å². The number of hydrogen-bond donors (Lipinski definition) is 0. The summed E-state index contributed by atoms with van der Waals surface area (Å²) in [5, 5.41) is 1.03. The Balaban J connectivity index is 1.75. The van der Waals surface area contributed by atoms with Crippen molar-refractivity contribution < 1.29 is 9.53 Å². The Hall–Kier alpha value is -3.01. The summed E-state index contributed by atoms with van der Waals surface area (Å²) in [5.74, 6) is 0.808. The number of hydrogen-bond acceptors (Lipinski definition) is 2. The lowest BCUT2D eigenvalue weighted by Gasteiger charge is -2.17. The molecule has 0 saturated heterocycles. The van der Waals surface area contributed by atoms with E-state index in [1.54, 1.807) is 13.0 Å². The summed E-state index contributed by atoms with van der Waals surface area (Å²) < 4.78 is 8.37. The molecule has 4 aromatic rings. The minimum absolute atomic E-state index is 0.0411. The van der Waals surface area contributed by atoms with E-state index in [9.17, 15) is 4.79 Å². The normalized spacial score (nSPS) is 10.9. The first kappa shape index (κ1) is 22.2. The van der Waals surface area contributed by atoms with Gasteiger partial charge in [-0.3, -0.25) is 4.79 Å². The van der Waals surface area contributed by atoms with Crippen LogP contribution in [-0.4, -0.2) is 10.4 Å². The summed E-state index contributed by atoms with van der Waals surface area (Å²) in [4.78, 5) is 11.9. The van der Waals surface area contributed by atoms with Crippen molar-refractivity contribution in [3.63, 3.8) is 0 Å². The van der Waals surface area contributed by atoms with Crippen LogP contribution in [0.2, 0.25) is 10.0 Å². The molecule has 0 aliphatic carbocycles. The first-order valence-corrected chi connectivity index (χ1v) is 11.1. The predicted octanol–water partition coefficient (Wildman–Crippen LogP) is 7.85. The minimum Gasteiger partial charge on any atom is -0.488 e. The van der Waals surface area contributed by atoms with Crippen LogP contribution in [0.25, 0.3) is 16.9 Å². The fourth-order valence-electron chi connectivity index (χ4n) is 3.72. The van der Waals surface area contributed by atoms with Gasteiger partial charge >= 0.3 is 0 Å². The first-order valence-electron chi connectivity index (χ1n) is 10.3. The van der Waals surface area contributed by atoms with Gasteiger partial charge in [0, 0.05) is 22.5 Å². The summed E-state index contributed by atoms with van der Waals surface area (Å²) in [6, 6.07) is 23.5. The molecular weight excluding hydrogens is 441 g/mol. The Kier molecular flexibility index (Phi) is 6.40. The van der Waals surface area contributed by atoms with E-state index in [0.717, 1.165) is 39.5 Å². The van der Waals surface area contributed by atoms with Gasteiger partial charge in [0.25, 0.3) is 0 Å². The Labute approximate surface area is 198 Å². The topological polar surface area (TPSA) is 31.2 Å². The predicted molar refractivity (Wildman–Crippen MR) is 131 cm³/mol. The van der Waals surface area contributed by atoms with Crippen LogP contribution in [0.5, 0.6) is 5.75 Å². The minimum atomic E-state index is 0.0411. The summed E-state index contributed by atoms with van der Waals surface area (Å²) in [6.45, 7) is 6.06. The lowest BCUT2D eigenvalue weighted by atomic mass is 10.1. The fourth-order valence-corrected chi connectivity index (χ4v) is 4.04. The van der Waals surface area contributed by atoms with Crippen LogP contribution in [0.1, 0.15) is 34.1 Å². The van der Waals surface area contributed by atoms with Gasteiger partial charge in [0.1, 0.15) is 12.4 Å². The van der Waals surface area contributed by atoms with E-state index >= 15 is 0 Å². The molecule has 0 aliphatic rings. The van der Waals surface area contributed by atoms with Crippen LogP contribution in [0.3, 0.4) is 0 Å². The van der Waals surface area contributed by atoms with Crippen molar-refractivity contribution in [3.05, 3.63) is 105 Å². The standard InChI is InChI=1S/C27H23Cl2NO2/c1-17-7-12-27(32-16-20-9-10-24(28)25(29)14-20)23(13-17)26-11-8-18(2)30(26)22-6-4-5-21(15-22)19(3)31/h4-15H,16H2,1-3H3. The molecule has 0 amide bonds. The second-order valence-corrected chi connectivity index (χ2v) is 8.65. The Morgan fingerprint density at radius 1 is 0.906 bits per heavy atom. The lowest BCUT2D eigenvalue weighted by Crippen LogP contribution is -2.03. The maximum Gasteiger partial charge on any atom is 0.159 e. The number of ether oxygens (including phenoxy) is 1. The number of ketones is 1. The molecule has 0 spiro atoms. The molecule has 162 valence electrons. The van der Waals surface area contributed by atoms with Crippen LogP contribution in [-0.2, 0) is 6.61 Å². The van der Waals surface area contributed by atoms with E-state index in [0.29, 0.717) is 22.2 Å². The number of Topliss-reactive ketones (excluding diaryl/α,β-unsaturated/α-hetero) is 1. The van der Waals surface area contributed by atoms with E-state index in [1.165, 1.54) is 0 Å². The highest BCUT2D eigenvalue weighted by Gasteiger charge is 2.15. The summed E-state index contributed by atoms with van der Waals surface area (Å²) in [6.07, 6.45) is 0. The Morgan fingerprint density at radius 3 is 2.47 bits per heavy atom. The number of aromatic nitrogens is 1. The number of benzene rings is 3. The van der Waals surface area contributed by atoms with Crippen molar-refractivity contribution in [1.29, 1.82) is 0 Å². The summed E-state index contributed by atoms with van der Waals surface area (Å²) in [7, 11) is 0. The zero-order valence-electron chi connectivity index (χ0n) is 18.2. The van der Waals surface area contributed by atoms with Gasteiger partial charge in [0.2, 0.25) is 0 Å². The zero-order valence-corrected chi connectivity index (χ0v) is 19.7. The monoisotopic (exact) mass is 463 g/mol. The highest BCUT2D eigenvalue weighted by Crippen LogP contribution is 2.35. The largest absolute Gasteiger partial charge is 0.488 e. The van der Waals surface area contributed by atoms with Crippen molar-refractivity contribution in [1.82, 2.24) is 4.57 Å². The van der Waals surface area contributed by atoms with Gasteiger partial charge in [-0.15, -0.1) is 0 Å². The maximum atomic E-state index is 11.9. The van der Waals surface area contributed by atoms with E-state index in [4.69, 9.17) is 27.9 Å². The molecule has 0 radical (unpaired) electrons. The van der Waals surface area contributed by atoms with E-state index < -0.39 is 0 Å². The third-order valence-corrected chi connectivity index (χ3v) is 6.12. The van der Waals surface area contributed by atoms with E-state index in [1.807, 2.05) is 48.5 Å². The van der Waals surface area contributed by atoms with Crippen LogP contribution in [0.15, 0.2) is 72.8 Å². The molecule has 0 unspecified atom stereocenters. The highest BCUT2D eigenvalue weighted by atomic mass is 35.5. The molecule has 0 saturated carbocycles. The number of halogens is 2. The Bertz CT molecular complexity index is 1310. The van der Waals surface area contributed by atoms with E-state index in [-0.39, 0.29) is 5.78 Å². The average molecular weight is 464 g/mol. The third-order valence-electron chi connectivity index (χ3n) is 5.38. The van der Waals surface area contributed by atoms with Crippen molar-refractivity contribution in [2.45, 2.75) is 27.4 Å². The smallest absolute Gasteiger partial charge is 0.159 e. The molecule has 3 nitrogen and oxygen atoms in total. The highest BCUT2D eigenvalue weighted by molar-refractivity contribution is 6.42. The van der Waals surface area contributed by atoms with Gasteiger partial charge < -0.3 is 9.30 Å². The van der Waals surface area contributed by atoms with E-state index in [2.05, 4.69) is 36.6 Å². The van der Waals surface area contributed by atoms with Crippen LogP contribution in [0.4, 0.5) is 0 Å². The Morgan fingerprint density at radius 2 is 1.72 bits per heavy atom. The number of rotatable bonds is 6. The molecule has 4 rings (SSSR count). The van der Waals surface area contributed by atoms with Crippen LogP contribution in [0, 0.1) is 13.8 Å². The van der Waals surface area contributed by atoms with Crippen LogP contribution < -0.4 is 4.74 Å². The number of aryl methyl sites for hydroxylation is 2. The molecule has 1 aromatic heterocycles. The molecule has 0 N–H and O–H groups in total. The fraction of sp³-hybridized carbons (Fsp3) is 0.148. The SMILES string of the molecule is CC(=O)c1cccc(-n2c(C)ccc2-c2cc(C)ccc2OCc2ccc(Cl)c(Cl)c2)c1. The van der Waals surface area contributed by atoms with Gasteiger partial charge in [-0.1, -0.05) is 53.0 Å². The molecule has 5 heteroatoms. The zero-order chi connectivity index (χ0) is 22.8. The third kappa shape index (κ3) is 4.59. The van der Waals surface area contributed by atoms with Gasteiger partial charge in [0.15, 0.2) is 5.78 Å². The lowest BCUT2D eigenvalue weighted by molar-refractivity contribution is 0.101. The second-order valence-electron chi connectivity index (χ2n) is 7.84. The van der Waals surface area contributed by atoms with Gasteiger partial charge in [-0.25, -0.2) is 0 Å². The molecule has 1 heterocycles. The number of nitrogens with zero attached hydrogens (tertiary/aromatic N) is 1. The second kappa shape index (κ2) is 9.23. The van der Waals surface area contributed by atoms with Gasteiger partial charge in [-0.05, 0) is 74.9 Å². The summed E-state index contributed by atoms with van der Waals surface area (Å²) in [5.41, 5.74) is 6.73. The number of carbonyl (C=O) groups excluding carboxylic acids is 1. The van der Waals surface area contributed by atoms with Gasteiger partial charge in [0.05, 0.1) is 15.7 Å². The average Bonchev–Trinajstić information content (AvgIpc) is 3.16. The first-order chi connectivity index (χ1) is 15.3. The molecule has 32 heavy (non-hydrogen) atoms. The molecule has 0 aliphatic heterocycles. The van der Waals surface area contributed by atoms with Crippen molar-refractivity contribution in [3.8, 4) is 22.7 Å². The molecule has 0 fully saturated rings. The quantitative estimate of drug-likeness (QED) is 0.272. The molecule has 0 bridgehead atoms. The molecule has 0 atom stereocenters. The van der Waals surface area contributed by atoms with Crippen molar-refractivity contribution >= 4 is 29.0 Å². The summed E-state index contributed by atoms with van der Waals surface area (Å²) >= 11 is 12.2. The molecular formula is C27H23Cl2NO2. The van der Waals surface area contributed by atoms with Gasteiger partial charge in [-0.2, -0.15) is 0 Å².